The Kier molecular flexibility index (Phi) is 5.32. The fraction of sp³-hybridized carbons (Fsp3) is 0.250. The van der Waals surface area contributed by atoms with E-state index in [1.54, 1.807) is 19.1 Å². The minimum absolute atomic E-state index is 0.115. The molecule has 0 saturated carbocycles. The lowest BCUT2D eigenvalue weighted by molar-refractivity contribution is -0.118. The van der Waals surface area contributed by atoms with Crippen LogP contribution in [0.5, 0.6) is 0 Å². The largest absolute Gasteiger partial charge is 0.296 e. The Morgan fingerprint density at radius 2 is 2.00 bits per heavy atom. The summed E-state index contributed by atoms with van der Waals surface area (Å²) in [6, 6.07) is 11.2. The summed E-state index contributed by atoms with van der Waals surface area (Å²) in [5.41, 5.74) is 2.16. The highest BCUT2D eigenvalue weighted by molar-refractivity contribution is 7.99. The molecular weight excluding hydrogens is 314 g/mol. The van der Waals surface area contributed by atoms with Gasteiger partial charge in [0.15, 0.2) is 11.7 Å². The molecule has 0 spiro atoms. The van der Waals surface area contributed by atoms with Gasteiger partial charge in [-0.15, -0.1) is 11.3 Å². The molecular formula is C16H13N3OS2. The number of carbonyl (C=O) groups excluding carboxylic acids is 1. The van der Waals surface area contributed by atoms with Crippen molar-refractivity contribution in [3.63, 3.8) is 0 Å². The molecule has 0 aliphatic heterocycles. The number of thioether (sulfide) groups is 1. The summed E-state index contributed by atoms with van der Waals surface area (Å²) in [7, 11) is 0. The quantitative estimate of drug-likeness (QED) is 0.838. The van der Waals surface area contributed by atoms with Gasteiger partial charge in [-0.1, -0.05) is 12.1 Å². The van der Waals surface area contributed by atoms with Gasteiger partial charge < -0.3 is 0 Å². The number of aromatic nitrogens is 1. The van der Waals surface area contributed by atoms with Crippen LogP contribution in [0.3, 0.4) is 0 Å². The van der Waals surface area contributed by atoms with Gasteiger partial charge in [0.2, 0.25) is 0 Å². The van der Waals surface area contributed by atoms with E-state index in [2.05, 4.69) is 17.1 Å². The Morgan fingerprint density at radius 3 is 2.55 bits per heavy atom. The molecule has 0 N–H and O–H groups in total. The van der Waals surface area contributed by atoms with E-state index in [-0.39, 0.29) is 11.0 Å². The van der Waals surface area contributed by atoms with Gasteiger partial charge in [-0.25, -0.2) is 4.98 Å². The number of hydrogen-bond donors (Lipinski definition) is 0. The second kappa shape index (κ2) is 7.22. The highest BCUT2D eigenvalue weighted by Gasteiger charge is 2.27. The predicted octanol–water partition coefficient (Wildman–Crippen LogP) is 3.61. The Labute approximate surface area is 137 Å². The molecule has 22 heavy (non-hydrogen) atoms. The van der Waals surface area contributed by atoms with E-state index in [0.29, 0.717) is 16.3 Å². The van der Waals surface area contributed by atoms with E-state index < -0.39 is 5.92 Å². The maximum absolute atomic E-state index is 12.2. The maximum Gasteiger partial charge on any atom is 0.169 e. The number of benzene rings is 1. The Hall–Kier alpha value is -2.15. The average Bonchev–Trinajstić information content (AvgIpc) is 3.04. The number of Topliss-reactive ketones (excluding diaryl/α,β-unsaturated/α-hetero) is 1. The molecule has 6 heteroatoms. The first-order valence-electron chi connectivity index (χ1n) is 6.52. The van der Waals surface area contributed by atoms with Crippen molar-refractivity contribution in [3.8, 4) is 23.4 Å². The SMILES string of the molecule is CS[C@@H](C)C(=O)[C@@H](C#N)c1nc(-c2ccc(C#N)cc2)cs1. The topological polar surface area (TPSA) is 77.5 Å². The lowest BCUT2D eigenvalue weighted by atomic mass is 10.0. The smallest absolute Gasteiger partial charge is 0.169 e. The molecule has 0 radical (unpaired) electrons. The first kappa shape index (κ1) is 16.2. The second-order valence-corrected chi connectivity index (χ2v) is 6.67. The molecule has 0 fully saturated rings. The summed E-state index contributed by atoms with van der Waals surface area (Å²) >= 11 is 2.74. The van der Waals surface area contributed by atoms with Crippen LogP contribution in [0.4, 0.5) is 0 Å². The molecule has 0 bridgehead atoms. The number of rotatable bonds is 5. The number of carbonyl (C=O) groups is 1. The molecule has 4 nitrogen and oxygen atoms in total. The monoisotopic (exact) mass is 327 g/mol. The highest BCUT2D eigenvalue weighted by Crippen LogP contribution is 2.29. The van der Waals surface area contributed by atoms with Crippen LogP contribution >= 0.6 is 23.1 Å². The standard InChI is InChI=1S/C16H13N3OS2/c1-10(21-2)15(20)13(8-18)16-19-14(9-22-16)12-5-3-11(7-17)4-6-12/h3-6,9-10,13H,1-2H3/t10-,13+/m0/s1. The summed E-state index contributed by atoms with van der Waals surface area (Å²) in [6.07, 6.45) is 1.85. The molecule has 1 aromatic carbocycles. The normalized spacial score (nSPS) is 12.9. The third-order valence-corrected chi connectivity index (χ3v) is 5.10. The molecule has 0 unspecified atom stereocenters. The summed E-state index contributed by atoms with van der Waals surface area (Å²) in [5, 5.41) is 20.2. The van der Waals surface area contributed by atoms with Crippen molar-refractivity contribution in [3.05, 3.63) is 40.2 Å². The van der Waals surface area contributed by atoms with Crippen molar-refractivity contribution in [1.82, 2.24) is 4.98 Å². The van der Waals surface area contributed by atoms with Gasteiger partial charge >= 0.3 is 0 Å². The van der Waals surface area contributed by atoms with Crippen LogP contribution in [0.15, 0.2) is 29.6 Å². The Balaban J connectivity index is 2.28. The van der Waals surface area contributed by atoms with E-state index in [4.69, 9.17) is 5.26 Å². The maximum atomic E-state index is 12.2. The minimum Gasteiger partial charge on any atom is -0.296 e. The molecule has 0 saturated heterocycles. The number of nitrogens with zero attached hydrogens (tertiary/aromatic N) is 3. The summed E-state index contributed by atoms with van der Waals surface area (Å²) in [5.74, 6) is -0.935. The van der Waals surface area contributed by atoms with E-state index in [9.17, 15) is 10.1 Å². The van der Waals surface area contributed by atoms with Gasteiger partial charge in [0.25, 0.3) is 0 Å². The minimum atomic E-state index is -0.820. The summed E-state index contributed by atoms with van der Waals surface area (Å²) in [4.78, 5) is 16.7. The van der Waals surface area contributed by atoms with Crippen molar-refractivity contribution in [2.75, 3.05) is 6.26 Å². The number of ketones is 1. The van der Waals surface area contributed by atoms with Gasteiger partial charge in [-0.3, -0.25) is 4.79 Å². The van der Waals surface area contributed by atoms with Crippen molar-refractivity contribution < 1.29 is 4.79 Å². The number of nitriles is 2. The van der Waals surface area contributed by atoms with Crippen LogP contribution in [0.25, 0.3) is 11.3 Å². The molecule has 0 amide bonds. The van der Waals surface area contributed by atoms with Crippen LogP contribution in [-0.2, 0) is 4.79 Å². The lowest BCUT2D eigenvalue weighted by Crippen LogP contribution is -2.20. The molecule has 0 aliphatic carbocycles. The molecule has 1 heterocycles. The predicted molar refractivity (Wildman–Crippen MR) is 88.6 cm³/mol. The fourth-order valence-corrected chi connectivity index (χ4v) is 3.11. The Morgan fingerprint density at radius 1 is 1.32 bits per heavy atom. The zero-order valence-electron chi connectivity index (χ0n) is 12.1. The second-order valence-electron chi connectivity index (χ2n) is 4.60. The van der Waals surface area contributed by atoms with Crippen LogP contribution in [0, 0.1) is 22.7 Å². The number of hydrogen-bond acceptors (Lipinski definition) is 6. The van der Waals surface area contributed by atoms with Gasteiger partial charge in [-0.2, -0.15) is 22.3 Å². The fourth-order valence-electron chi connectivity index (χ4n) is 1.86. The molecule has 0 aliphatic rings. The summed E-state index contributed by atoms with van der Waals surface area (Å²) < 4.78 is 0. The van der Waals surface area contributed by atoms with Crippen molar-refractivity contribution in [1.29, 1.82) is 10.5 Å². The zero-order chi connectivity index (χ0) is 16.1. The van der Waals surface area contributed by atoms with Crippen molar-refractivity contribution >= 4 is 28.9 Å². The molecule has 110 valence electrons. The molecule has 2 atom stereocenters. The van der Waals surface area contributed by atoms with Gasteiger partial charge in [0.05, 0.1) is 28.6 Å². The summed E-state index contributed by atoms with van der Waals surface area (Å²) in [6.45, 7) is 1.80. The van der Waals surface area contributed by atoms with Gasteiger partial charge in [-0.05, 0) is 25.3 Å². The van der Waals surface area contributed by atoms with Crippen molar-refractivity contribution in [2.45, 2.75) is 18.1 Å². The molecule has 2 aromatic rings. The third kappa shape index (κ3) is 3.36. The number of thiazole rings is 1. The lowest BCUT2D eigenvalue weighted by Gasteiger charge is -2.09. The van der Waals surface area contributed by atoms with Gasteiger partial charge in [0.1, 0.15) is 5.01 Å². The highest BCUT2D eigenvalue weighted by atomic mass is 32.2. The van der Waals surface area contributed by atoms with Crippen LogP contribution in [-0.4, -0.2) is 22.3 Å². The third-order valence-electron chi connectivity index (χ3n) is 3.25. The van der Waals surface area contributed by atoms with E-state index in [1.165, 1.54) is 23.1 Å². The molecule has 2 rings (SSSR count). The first-order valence-corrected chi connectivity index (χ1v) is 8.69. The molecule has 1 aromatic heterocycles. The zero-order valence-corrected chi connectivity index (χ0v) is 13.7. The van der Waals surface area contributed by atoms with Crippen LogP contribution < -0.4 is 0 Å². The Bertz CT molecular complexity index is 753. The van der Waals surface area contributed by atoms with E-state index in [1.807, 2.05) is 23.8 Å². The van der Waals surface area contributed by atoms with Crippen molar-refractivity contribution in [2.24, 2.45) is 0 Å². The first-order chi connectivity index (χ1) is 10.6. The van der Waals surface area contributed by atoms with Crippen LogP contribution in [0.2, 0.25) is 0 Å². The van der Waals surface area contributed by atoms with E-state index >= 15 is 0 Å². The van der Waals surface area contributed by atoms with E-state index in [0.717, 1.165) is 5.56 Å². The van der Waals surface area contributed by atoms with Gasteiger partial charge in [0, 0.05) is 10.9 Å². The average molecular weight is 327 g/mol. The van der Waals surface area contributed by atoms with Crippen LogP contribution in [0.1, 0.15) is 23.4 Å².